The molecular formula is C14H19Cl2N3. The highest BCUT2D eigenvalue weighted by Crippen LogP contribution is 2.34. The van der Waals surface area contributed by atoms with Gasteiger partial charge in [0.1, 0.15) is 0 Å². The van der Waals surface area contributed by atoms with Crippen LogP contribution in [0.5, 0.6) is 0 Å². The Morgan fingerprint density at radius 1 is 1.05 bits per heavy atom. The van der Waals surface area contributed by atoms with Crippen molar-refractivity contribution in [1.29, 1.82) is 0 Å². The van der Waals surface area contributed by atoms with E-state index < -0.39 is 0 Å². The molecule has 0 amide bonds. The van der Waals surface area contributed by atoms with Gasteiger partial charge in [-0.2, -0.15) is 0 Å². The zero-order valence-electron chi connectivity index (χ0n) is 10.8. The summed E-state index contributed by atoms with van der Waals surface area (Å²) in [6.45, 7) is 2.21. The molecule has 0 aliphatic heterocycles. The molecule has 0 bridgehead atoms. The van der Waals surface area contributed by atoms with Crippen LogP contribution in [0.25, 0.3) is 10.9 Å². The topological polar surface area (TPSA) is 57.0 Å². The number of rotatable bonds is 6. The molecule has 4 N–H and O–H groups in total. The summed E-state index contributed by atoms with van der Waals surface area (Å²) in [7, 11) is 0. The highest BCUT2D eigenvalue weighted by atomic mass is 35.5. The van der Waals surface area contributed by atoms with E-state index in [2.05, 4.69) is 10.8 Å². The summed E-state index contributed by atoms with van der Waals surface area (Å²) in [5.74, 6) is 0. The second-order valence-electron chi connectivity index (χ2n) is 4.64. The lowest BCUT2D eigenvalue weighted by molar-refractivity contribution is 0.668. The van der Waals surface area contributed by atoms with Gasteiger partial charge in [-0.25, -0.2) is 0 Å². The fraction of sp³-hybridized carbons (Fsp3) is 0.429. The maximum Gasteiger partial charge on any atom is 0.0835 e. The largest absolute Gasteiger partial charge is 0.346 e. The van der Waals surface area contributed by atoms with Crippen LogP contribution in [0.4, 0.5) is 0 Å². The molecule has 3 nitrogen and oxygen atoms in total. The van der Waals surface area contributed by atoms with Gasteiger partial charge in [0, 0.05) is 18.1 Å². The summed E-state index contributed by atoms with van der Waals surface area (Å²) in [5.41, 5.74) is 13.5. The van der Waals surface area contributed by atoms with E-state index in [1.165, 1.54) is 10.9 Å². The molecular weight excluding hydrogens is 281 g/mol. The Balaban J connectivity index is 2.49. The summed E-state index contributed by atoms with van der Waals surface area (Å²) in [6, 6.07) is 3.89. The van der Waals surface area contributed by atoms with Crippen molar-refractivity contribution in [2.24, 2.45) is 11.5 Å². The van der Waals surface area contributed by atoms with Crippen molar-refractivity contribution in [3.8, 4) is 0 Å². The normalized spacial score (nSPS) is 11.4. The molecule has 2 aromatic rings. The molecule has 19 heavy (non-hydrogen) atoms. The van der Waals surface area contributed by atoms with E-state index >= 15 is 0 Å². The van der Waals surface area contributed by atoms with Crippen molar-refractivity contribution in [2.75, 3.05) is 13.1 Å². The van der Waals surface area contributed by atoms with Crippen molar-refractivity contribution >= 4 is 34.1 Å². The Labute approximate surface area is 123 Å². The van der Waals surface area contributed by atoms with Crippen molar-refractivity contribution in [3.63, 3.8) is 0 Å². The second-order valence-corrected chi connectivity index (χ2v) is 5.42. The number of hydrogen-bond donors (Lipinski definition) is 2. The molecule has 0 spiro atoms. The molecule has 0 fully saturated rings. The van der Waals surface area contributed by atoms with Crippen LogP contribution < -0.4 is 11.5 Å². The average Bonchev–Trinajstić information content (AvgIpc) is 2.77. The Morgan fingerprint density at radius 3 is 2.47 bits per heavy atom. The molecule has 5 heteroatoms. The first-order valence-corrected chi connectivity index (χ1v) is 7.30. The number of aromatic nitrogens is 1. The molecule has 2 rings (SSSR count). The number of aryl methyl sites for hydroxylation is 2. The number of fused-ring (bicyclic) bond motifs is 1. The maximum atomic E-state index is 6.35. The van der Waals surface area contributed by atoms with Gasteiger partial charge >= 0.3 is 0 Å². The minimum atomic E-state index is 0.589. The van der Waals surface area contributed by atoms with Crippen molar-refractivity contribution in [1.82, 2.24) is 4.57 Å². The van der Waals surface area contributed by atoms with Crippen molar-refractivity contribution in [2.45, 2.75) is 25.8 Å². The van der Waals surface area contributed by atoms with Crippen LogP contribution in [-0.4, -0.2) is 17.7 Å². The van der Waals surface area contributed by atoms with Gasteiger partial charge in [-0.05, 0) is 44.0 Å². The lowest BCUT2D eigenvalue weighted by Gasteiger charge is -2.06. The molecule has 104 valence electrons. The van der Waals surface area contributed by atoms with E-state index in [0.717, 1.165) is 31.3 Å². The van der Waals surface area contributed by atoms with Crippen LogP contribution in [0.2, 0.25) is 10.0 Å². The number of halogens is 2. The third-order valence-corrected chi connectivity index (χ3v) is 4.06. The molecule has 0 saturated heterocycles. The Bertz CT molecular complexity index is 563. The summed E-state index contributed by atoms with van der Waals surface area (Å²) in [6.07, 6.45) is 5.00. The molecule has 1 aromatic heterocycles. The second kappa shape index (κ2) is 6.62. The van der Waals surface area contributed by atoms with Gasteiger partial charge in [-0.15, -0.1) is 0 Å². The Morgan fingerprint density at radius 2 is 1.79 bits per heavy atom. The first kappa shape index (κ1) is 14.7. The first-order valence-electron chi connectivity index (χ1n) is 6.55. The third-order valence-electron chi connectivity index (χ3n) is 3.27. The fourth-order valence-corrected chi connectivity index (χ4v) is 2.76. The lowest BCUT2D eigenvalue weighted by Crippen LogP contribution is -2.05. The monoisotopic (exact) mass is 299 g/mol. The third kappa shape index (κ3) is 3.06. The van der Waals surface area contributed by atoms with E-state index in [0.29, 0.717) is 23.1 Å². The van der Waals surface area contributed by atoms with Gasteiger partial charge in [0.25, 0.3) is 0 Å². The number of nitrogens with zero attached hydrogens (tertiary/aromatic N) is 1. The predicted octanol–water partition coefficient (Wildman–Crippen LogP) is 3.19. The van der Waals surface area contributed by atoms with Crippen molar-refractivity contribution < 1.29 is 0 Å². The van der Waals surface area contributed by atoms with E-state index in [9.17, 15) is 0 Å². The molecule has 1 heterocycles. The van der Waals surface area contributed by atoms with E-state index in [1.807, 2.05) is 12.1 Å². The first-order chi connectivity index (χ1) is 9.19. The minimum absolute atomic E-state index is 0.589. The molecule has 0 saturated carbocycles. The number of benzene rings is 1. The summed E-state index contributed by atoms with van der Waals surface area (Å²) >= 11 is 12.5. The summed E-state index contributed by atoms with van der Waals surface area (Å²) in [5, 5.41) is 2.38. The maximum absolute atomic E-state index is 6.35. The van der Waals surface area contributed by atoms with Crippen LogP contribution in [0.1, 0.15) is 18.4 Å². The number of hydrogen-bond acceptors (Lipinski definition) is 2. The highest BCUT2D eigenvalue weighted by Gasteiger charge is 2.13. The average molecular weight is 300 g/mol. The fourth-order valence-electron chi connectivity index (χ4n) is 2.33. The van der Waals surface area contributed by atoms with Crippen LogP contribution in [0.3, 0.4) is 0 Å². The molecule has 0 aliphatic rings. The Kier molecular flexibility index (Phi) is 5.11. The number of nitrogens with two attached hydrogens (primary N) is 2. The molecule has 0 radical (unpaired) electrons. The van der Waals surface area contributed by atoms with Gasteiger partial charge in [0.05, 0.1) is 15.6 Å². The highest BCUT2D eigenvalue weighted by molar-refractivity contribution is 6.45. The van der Waals surface area contributed by atoms with Gasteiger partial charge in [-0.1, -0.05) is 29.3 Å². The lowest BCUT2D eigenvalue weighted by atomic mass is 10.1. The van der Waals surface area contributed by atoms with Crippen molar-refractivity contribution in [3.05, 3.63) is 33.9 Å². The minimum Gasteiger partial charge on any atom is -0.346 e. The van der Waals surface area contributed by atoms with Crippen LogP contribution >= 0.6 is 23.2 Å². The molecule has 0 unspecified atom stereocenters. The molecule has 0 aliphatic carbocycles. The van der Waals surface area contributed by atoms with Gasteiger partial charge in [-0.3, -0.25) is 0 Å². The smallest absolute Gasteiger partial charge is 0.0835 e. The van der Waals surface area contributed by atoms with Gasteiger partial charge < -0.3 is 16.0 Å². The van der Waals surface area contributed by atoms with Gasteiger partial charge in [0.2, 0.25) is 0 Å². The molecule has 1 aromatic carbocycles. The standard InChI is InChI=1S/C14H19Cl2N3/c15-12-5-4-11-10(3-1-6-17)9-19(8-2-7-18)14(11)13(12)16/h4-5,9H,1-3,6-8,17-18H2. The summed E-state index contributed by atoms with van der Waals surface area (Å²) < 4.78 is 2.16. The van der Waals surface area contributed by atoms with E-state index in [4.69, 9.17) is 34.7 Å². The van der Waals surface area contributed by atoms with Crippen LogP contribution in [-0.2, 0) is 13.0 Å². The van der Waals surface area contributed by atoms with Gasteiger partial charge in [0.15, 0.2) is 0 Å². The SMILES string of the molecule is NCCCc1cn(CCCN)c2c(Cl)c(Cl)ccc12. The summed E-state index contributed by atoms with van der Waals surface area (Å²) in [4.78, 5) is 0. The zero-order chi connectivity index (χ0) is 13.8. The Hall–Kier alpha value is -0.740. The predicted molar refractivity (Wildman–Crippen MR) is 83.0 cm³/mol. The van der Waals surface area contributed by atoms with Crippen LogP contribution in [0.15, 0.2) is 18.3 Å². The quantitative estimate of drug-likeness (QED) is 0.861. The zero-order valence-corrected chi connectivity index (χ0v) is 12.3. The van der Waals surface area contributed by atoms with Crippen LogP contribution in [0, 0.1) is 0 Å². The van der Waals surface area contributed by atoms with E-state index in [1.54, 1.807) is 0 Å². The van der Waals surface area contributed by atoms with E-state index in [-0.39, 0.29) is 0 Å². The molecule has 0 atom stereocenters.